The minimum atomic E-state index is -0.317. The van der Waals surface area contributed by atoms with Crippen LogP contribution in [0.3, 0.4) is 0 Å². The van der Waals surface area contributed by atoms with Gasteiger partial charge in [0, 0.05) is 31.1 Å². The Labute approximate surface area is 160 Å². The molecule has 4 saturated carbocycles. The SMILES string of the molecule is CC(=O)NC12C[C@H]3C[C@@H](C1)CC(C(=O)N(C)Cc1ccccc1Cl)(C3)C2. The molecule has 5 heteroatoms. The van der Waals surface area contributed by atoms with Gasteiger partial charge < -0.3 is 10.2 Å². The Kier molecular flexibility index (Phi) is 4.30. The van der Waals surface area contributed by atoms with Gasteiger partial charge in [-0.3, -0.25) is 9.59 Å². The maximum Gasteiger partial charge on any atom is 0.228 e. The third-order valence-corrected chi connectivity index (χ3v) is 7.04. The van der Waals surface area contributed by atoms with Crippen LogP contribution in [-0.4, -0.2) is 29.3 Å². The number of halogens is 1. The largest absolute Gasteiger partial charge is 0.351 e. The first-order chi connectivity index (χ1) is 12.3. The normalized spacial score (nSPS) is 34.6. The van der Waals surface area contributed by atoms with Crippen LogP contribution in [0.4, 0.5) is 0 Å². The van der Waals surface area contributed by atoms with Crippen molar-refractivity contribution in [1.29, 1.82) is 0 Å². The van der Waals surface area contributed by atoms with Crippen molar-refractivity contribution in [1.82, 2.24) is 10.2 Å². The molecule has 0 spiro atoms. The van der Waals surface area contributed by atoms with E-state index in [1.165, 1.54) is 6.42 Å². The molecule has 4 bridgehead atoms. The number of amides is 2. The van der Waals surface area contributed by atoms with Gasteiger partial charge >= 0.3 is 0 Å². The Bertz CT molecular complexity index is 733. The van der Waals surface area contributed by atoms with Crippen molar-refractivity contribution < 1.29 is 9.59 Å². The van der Waals surface area contributed by atoms with Crippen LogP contribution in [0.15, 0.2) is 24.3 Å². The van der Waals surface area contributed by atoms with Gasteiger partial charge in [-0.05, 0) is 62.0 Å². The van der Waals surface area contributed by atoms with E-state index in [0.29, 0.717) is 23.4 Å². The molecular weight excluding hydrogens is 348 g/mol. The maximum atomic E-state index is 13.5. The summed E-state index contributed by atoms with van der Waals surface area (Å²) in [6, 6.07) is 7.70. The van der Waals surface area contributed by atoms with E-state index in [1.54, 1.807) is 6.92 Å². The Hall–Kier alpha value is -1.55. The average molecular weight is 375 g/mol. The molecule has 26 heavy (non-hydrogen) atoms. The lowest BCUT2D eigenvalue weighted by Gasteiger charge is -2.61. The molecule has 0 heterocycles. The first kappa shape index (κ1) is 17.8. The number of hydrogen-bond donors (Lipinski definition) is 1. The fourth-order valence-electron chi connectivity index (χ4n) is 6.39. The first-order valence-electron chi connectivity index (χ1n) is 9.59. The molecule has 4 atom stereocenters. The molecule has 140 valence electrons. The molecule has 2 unspecified atom stereocenters. The number of benzene rings is 1. The van der Waals surface area contributed by atoms with Crippen LogP contribution in [-0.2, 0) is 16.1 Å². The van der Waals surface area contributed by atoms with Crippen LogP contribution in [0.1, 0.15) is 51.0 Å². The highest BCUT2D eigenvalue weighted by atomic mass is 35.5. The number of rotatable bonds is 4. The van der Waals surface area contributed by atoms with Crippen LogP contribution < -0.4 is 5.32 Å². The van der Waals surface area contributed by atoms with Crippen molar-refractivity contribution in [2.24, 2.45) is 17.3 Å². The van der Waals surface area contributed by atoms with Crippen molar-refractivity contribution >= 4 is 23.4 Å². The lowest BCUT2D eigenvalue weighted by atomic mass is 9.46. The Morgan fingerprint density at radius 2 is 1.85 bits per heavy atom. The second-order valence-electron chi connectivity index (χ2n) is 8.96. The second-order valence-corrected chi connectivity index (χ2v) is 9.36. The lowest BCUT2D eigenvalue weighted by Crippen LogP contribution is -2.65. The van der Waals surface area contributed by atoms with Crippen molar-refractivity contribution in [2.45, 2.75) is 57.5 Å². The summed E-state index contributed by atoms with van der Waals surface area (Å²) in [7, 11) is 1.88. The van der Waals surface area contributed by atoms with Crippen LogP contribution in [0.5, 0.6) is 0 Å². The number of carbonyl (C=O) groups is 2. The minimum Gasteiger partial charge on any atom is -0.351 e. The molecule has 1 N–H and O–H groups in total. The maximum absolute atomic E-state index is 13.5. The molecule has 5 rings (SSSR count). The van der Waals surface area contributed by atoms with Gasteiger partial charge in [0.05, 0.1) is 5.41 Å². The van der Waals surface area contributed by atoms with Gasteiger partial charge in [-0.25, -0.2) is 0 Å². The van der Waals surface area contributed by atoms with Gasteiger partial charge in [0.15, 0.2) is 0 Å². The van der Waals surface area contributed by atoms with E-state index in [1.807, 2.05) is 36.2 Å². The summed E-state index contributed by atoms with van der Waals surface area (Å²) in [4.78, 5) is 27.1. The molecule has 0 radical (unpaired) electrons. The molecule has 0 aliphatic heterocycles. The van der Waals surface area contributed by atoms with E-state index in [9.17, 15) is 9.59 Å². The predicted molar refractivity (Wildman–Crippen MR) is 102 cm³/mol. The summed E-state index contributed by atoms with van der Waals surface area (Å²) in [5.74, 6) is 1.36. The third kappa shape index (κ3) is 3.02. The number of hydrogen-bond acceptors (Lipinski definition) is 2. The van der Waals surface area contributed by atoms with E-state index in [0.717, 1.165) is 37.7 Å². The Balaban J connectivity index is 1.57. The van der Waals surface area contributed by atoms with E-state index in [4.69, 9.17) is 11.6 Å². The standard InChI is InChI=1S/C21H27ClN2O2/c1-14(25)23-21-10-15-7-16(11-21)9-20(8-15,13-21)19(26)24(2)12-17-5-3-4-6-18(17)22/h3-6,15-16H,7-13H2,1-2H3,(H,23,25)/t15-,16+,20?,21?. The average Bonchev–Trinajstić information content (AvgIpc) is 2.53. The van der Waals surface area contributed by atoms with E-state index in [2.05, 4.69) is 5.32 Å². The number of carbonyl (C=O) groups excluding carboxylic acids is 2. The second kappa shape index (κ2) is 6.26. The lowest BCUT2D eigenvalue weighted by molar-refractivity contribution is -0.162. The van der Waals surface area contributed by atoms with Gasteiger partial charge in [-0.1, -0.05) is 29.8 Å². The quantitative estimate of drug-likeness (QED) is 0.872. The van der Waals surface area contributed by atoms with Gasteiger partial charge in [0.25, 0.3) is 0 Å². The third-order valence-electron chi connectivity index (χ3n) is 6.67. The molecule has 0 aromatic heterocycles. The molecule has 4 nitrogen and oxygen atoms in total. The van der Waals surface area contributed by atoms with Crippen molar-refractivity contribution in [3.8, 4) is 0 Å². The Morgan fingerprint density at radius 3 is 2.46 bits per heavy atom. The van der Waals surface area contributed by atoms with Gasteiger partial charge in [-0.2, -0.15) is 0 Å². The first-order valence-corrected chi connectivity index (χ1v) is 9.96. The zero-order valence-corrected chi connectivity index (χ0v) is 16.3. The van der Waals surface area contributed by atoms with Crippen molar-refractivity contribution in [3.05, 3.63) is 34.9 Å². The fraction of sp³-hybridized carbons (Fsp3) is 0.619. The fourth-order valence-corrected chi connectivity index (χ4v) is 6.59. The number of nitrogens with zero attached hydrogens (tertiary/aromatic N) is 1. The molecule has 1 aromatic rings. The van der Waals surface area contributed by atoms with Gasteiger partial charge in [-0.15, -0.1) is 0 Å². The molecule has 2 amide bonds. The van der Waals surface area contributed by atoms with E-state index in [-0.39, 0.29) is 22.8 Å². The summed E-state index contributed by atoms with van der Waals surface area (Å²) in [5, 5.41) is 3.94. The summed E-state index contributed by atoms with van der Waals surface area (Å²) in [6.07, 6.45) is 6.01. The van der Waals surface area contributed by atoms with Crippen molar-refractivity contribution in [3.63, 3.8) is 0 Å². The van der Waals surface area contributed by atoms with Crippen molar-refractivity contribution in [2.75, 3.05) is 7.05 Å². The minimum absolute atomic E-state index is 0.0268. The summed E-state index contributed by atoms with van der Waals surface area (Å²) in [6.45, 7) is 2.12. The summed E-state index contributed by atoms with van der Waals surface area (Å²) in [5.41, 5.74) is 0.491. The highest BCUT2D eigenvalue weighted by Crippen LogP contribution is 2.62. The topological polar surface area (TPSA) is 49.4 Å². The van der Waals surface area contributed by atoms with Crippen LogP contribution in [0.2, 0.25) is 5.02 Å². The van der Waals surface area contributed by atoms with E-state index >= 15 is 0 Å². The van der Waals surface area contributed by atoms with Gasteiger partial charge in [0.2, 0.25) is 11.8 Å². The van der Waals surface area contributed by atoms with E-state index < -0.39 is 0 Å². The molecule has 4 aliphatic carbocycles. The van der Waals surface area contributed by atoms with Crippen LogP contribution in [0.25, 0.3) is 0 Å². The molecule has 4 aliphatic rings. The molecular formula is C21H27ClN2O2. The molecule has 0 saturated heterocycles. The Morgan fingerprint density at radius 1 is 1.19 bits per heavy atom. The smallest absolute Gasteiger partial charge is 0.228 e. The highest BCUT2D eigenvalue weighted by Gasteiger charge is 2.61. The zero-order chi connectivity index (χ0) is 18.5. The van der Waals surface area contributed by atoms with Crippen LogP contribution >= 0.6 is 11.6 Å². The monoisotopic (exact) mass is 374 g/mol. The summed E-state index contributed by atoms with van der Waals surface area (Å²) < 4.78 is 0. The van der Waals surface area contributed by atoms with Gasteiger partial charge in [0.1, 0.15) is 0 Å². The summed E-state index contributed by atoms with van der Waals surface area (Å²) >= 11 is 6.29. The molecule has 4 fully saturated rings. The molecule has 1 aromatic carbocycles. The zero-order valence-electron chi connectivity index (χ0n) is 15.6. The number of nitrogens with one attached hydrogen (secondary N) is 1. The predicted octanol–water partition coefficient (Wildman–Crippen LogP) is 3.77. The van der Waals surface area contributed by atoms with Crippen LogP contribution in [0, 0.1) is 17.3 Å². The highest BCUT2D eigenvalue weighted by molar-refractivity contribution is 6.31.